The van der Waals surface area contributed by atoms with Crippen LogP contribution in [0.3, 0.4) is 0 Å². The number of hydrogen-bond donors (Lipinski definition) is 1. The van der Waals surface area contributed by atoms with E-state index in [0.29, 0.717) is 18.1 Å². The summed E-state index contributed by atoms with van der Waals surface area (Å²) in [5.41, 5.74) is 6.86. The lowest BCUT2D eigenvalue weighted by molar-refractivity contribution is 0.287. The van der Waals surface area contributed by atoms with Gasteiger partial charge in [-0.15, -0.1) is 10.2 Å². The Kier molecular flexibility index (Phi) is 4.62. The first kappa shape index (κ1) is 14.8. The van der Waals surface area contributed by atoms with E-state index >= 15 is 0 Å². The third-order valence-electron chi connectivity index (χ3n) is 3.10. The van der Waals surface area contributed by atoms with Crippen LogP contribution in [0.5, 0.6) is 5.75 Å². The minimum absolute atomic E-state index is 0.0490. The number of nitrogens with zero attached hydrogens (tertiary/aromatic N) is 3. The first-order valence-corrected chi connectivity index (χ1v) is 6.87. The number of aromatic nitrogens is 3. The zero-order chi connectivity index (χ0) is 14.7. The van der Waals surface area contributed by atoms with E-state index in [1.54, 1.807) is 0 Å². The summed E-state index contributed by atoms with van der Waals surface area (Å²) < 4.78 is 7.74. The van der Waals surface area contributed by atoms with Crippen LogP contribution in [-0.2, 0) is 20.1 Å². The predicted octanol–water partition coefficient (Wildman–Crippen LogP) is 2.25. The van der Waals surface area contributed by atoms with Gasteiger partial charge in [-0.25, -0.2) is 0 Å². The van der Waals surface area contributed by atoms with E-state index in [0.717, 1.165) is 23.0 Å². The van der Waals surface area contributed by atoms with Crippen LogP contribution in [0.1, 0.15) is 24.1 Å². The molecule has 2 aromatic rings. The van der Waals surface area contributed by atoms with E-state index in [1.165, 1.54) is 0 Å². The standard InChI is InChI=1S/C14H19ClN4O/c1-9(16)6-11-7-12(15)4-5-13(11)20-8-14-18-17-10(2)19(14)3/h4-5,7,9H,6,8,16H2,1-3H3. The second kappa shape index (κ2) is 6.24. The van der Waals surface area contributed by atoms with E-state index in [9.17, 15) is 0 Å². The number of aryl methyl sites for hydroxylation is 1. The Morgan fingerprint density at radius 1 is 1.40 bits per heavy atom. The van der Waals surface area contributed by atoms with Crippen molar-refractivity contribution in [3.63, 3.8) is 0 Å². The van der Waals surface area contributed by atoms with Gasteiger partial charge in [0.05, 0.1) is 0 Å². The molecule has 108 valence electrons. The summed E-state index contributed by atoms with van der Waals surface area (Å²) in [4.78, 5) is 0. The second-order valence-electron chi connectivity index (χ2n) is 4.94. The average Bonchev–Trinajstić information content (AvgIpc) is 2.69. The van der Waals surface area contributed by atoms with E-state index in [4.69, 9.17) is 22.1 Å². The molecule has 0 aliphatic rings. The van der Waals surface area contributed by atoms with Crippen LogP contribution in [0, 0.1) is 6.92 Å². The van der Waals surface area contributed by atoms with Crippen LogP contribution >= 0.6 is 11.6 Å². The molecule has 1 atom stereocenters. The molecule has 5 nitrogen and oxygen atoms in total. The van der Waals surface area contributed by atoms with Crippen molar-refractivity contribution in [3.8, 4) is 5.75 Å². The fourth-order valence-corrected chi connectivity index (χ4v) is 2.11. The maximum absolute atomic E-state index is 6.02. The highest BCUT2D eigenvalue weighted by Gasteiger charge is 2.10. The molecule has 2 rings (SSSR count). The molecule has 0 bridgehead atoms. The van der Waals surface area contributed by atoms with Gasteiger partial charge in [-0.3, -0.25) is 0 Å². The Hall–Kier alpha value is -1.59. The van der Waals surface area contributed by atoms with Gasteiger partial charge in [-0.2, -0.15) is 0 Å². The predicted molar refractivity (Wildman–Crippen MR) is 78.9 cm³/mol. The number of rotatable bonds is 5. The van der Waals surface area contributed by atoms with E-state index < -0.39 is 0 Å². The van der Waals surface area contributed by atoms with Crippen LogP contribution in [0.25, 0.3) is 0 Å². The van der Waals surface area contributed by atoms with E-state index in [-0.39, 0.29) is 6.04 Å². The van der Waals surface area contributed by atoms with Gasteiger partial charge in [-0.1, -0.05) is 11.6 Å². The molecule has 1 aromatic carbocycles. The summed E-state index contributed by atoms with van der Waals surface area (Å²) in [7, 11) is 1.92. The van der Waals surface area contributed by atoms with Crippen LogP contribution in [0.4, 0.5) is 0 Å². The molecule has 0 aliphatic carbocycles. The van der Waals surface area contributed by atoms with Crippen molar-refractivity contribution in [2.45, 2.75) is 32.9 Å². The molecule has 6 heteroatoms. The summed E-state index contributed by atoms with van der Waals surface area (Å²) in [6.45, 7) is 4.22. The molecule has 0 fully saturated rings. The fraction of sp³-hybridized carbons (Fsp3) is 0.429. The lowest BCUT2D eigenvalue weighted by atomic mass is 10.1. The van der Waals surface area contributed by atoms with Gasteiger partial charge in [0, 0.05) is 18.1 Å². The fourth-order valence-electron chi connectivity index (χ4n) is 1.91. The number of hydrogen-bond acceptors (Lipinski definition) is 4. The molecule has 0 amide bonds. The molecule has 2 N–H and O–H groups in total. The highest BCUT2D eigenvalue weighted by molar-refractivity contribution is 6.30. The summed E-state index contributed by atoms with van der Waals surface area (Å²) in [6.07, 6.45) is 0.716. The van der Waals surface area contributed by atoms with Crippen molar-refractivity contribution < 1.29 is 4.74 Å². The molecule has 0 spiro atoms. The zero-order valence-corrected chi connectivity index (χ0v) is 12.7. The lowest BCUT2D eigenvalue weighted by Gasteiger charge is -2.13. The van der Waals surface area contributed by atoms with Gasteiger partial charge in [0.25, 0.3) is 0 Å². The molecule has 0 aliphatic heterocycles. The molecular weight excluding hydrogens is 276 g/mol. The summed E-state index contributed by atoms with van der Waals surface area (Å²) in [5, 5.41) is 8.76. The Morgan fingerprint density at radius 3 is 2.75 bits per heavy atom. The molecule has 0 saturated carbocycles. The van der Waals surface area contributed by atoms with Crippen molar-refractivity contribution in [2.75, 3.05) is 0 Å². The van der Waals surface area contributed by atoms with E-state index in [2.05, 4.69) is 10.2 Å². The third-order valence-corrected chi connectivity index (χ3v) is 3.34. The van der Waals surface area contributed by atoms with Crippen molar-refractivity contribution in [3.05, 3.63) is 40.4 Å². The maximum atomic E-state index is 6.02. The Balaban J connectivity index is 2.14. The van der Waals surface area contributed by atoms with Crippen molar-refractivity contribution in [2.24, 2.45) is 12.8 Å². The van der Waals surface area contributed by atoms with Crippen LogP contribution in [-0.4, -0.2) is 20.8 Å². The molecule has 0 saturated heterocycles. The summed E-state index contributed by atoms with van der Waals surface area (Å²) in [5.74, 6) is 2.42. The van der Waals surface area contributed by atoms with Gasteiger partial charge in [0.1, 0.15) is 18.2 Å². The number of halogens is 1. The monoisotopic (exact) mass is 294 g/mol. The van der Waals surface area contributed by atoms with E-state index in [1.807, 2.05) is 43.7 Å². The smallest absolute Gasteiger partial charge is 0.170 e. The largest absolute Gasteiger partial charge is 0.485 e. The molecule has 1 unspecified atom stereocenters. The lowest BCUT2D eigenvalue weighted by Crippen LogP contribution is -2.18. The Bertz CT molecular complexity index is 595. The second-order valence-corrected chi connectivity index (χ2v) is 5.38. The van der Waals surface area contributed by atoms with Gasteiger partial charge >= 0.3 is 0 Å². The Morgan fingerprint density at radius 2 is 2.15 bits per heavy atom. The van der Waals surface area contributed by atoms with Gasteiger partial charge in [0.15, 0.2) is 5.82 Å². The quantitative estimate of drug-likeness (QED) is 0.918. The van der Waals surface area contributed by atoms with Crippen molar-refractivity contribution in [1.29, 1.82) is 0 Å². The SMILES string of the molecule is Cc1nnc(COc2ccc(Cl)cc2CC(C)N)n1C. The summed E-state index contributed by atoms with van der Waals surface area (Å²) in [6, 6.07) is 5.61. The normalized spacial score (nSPS) is 12.4. The topological polar surface area (TPSA) is 66.0 Å². The number of nitrogens with two attached hydrogens (primary N) is 1. The first-order valence-electron chi connectivity index (χ1n) is 6.49. The minimum Gasteiger partial charge on any atom is -0.485 e. The van der Waals surface area contributed by atoms with Gasteiger partial charge in [0.2, 0.25) is 0 Å². The third kappa shape index (κ3) is 3.49. The van der Waals surface area contributed by atoms with Crippen LogP contribution < -0.4 is 10.5 Å². The first-order chi connectivity index (χ1) is 9.47. The van der Waals surface area contributed by atoms with Crippen molar-refractivity contribution >= 4 is 11.6 Å². The molecule has 1 heterocycles. The Labute approximate surface area is 123 Å². The average molecular weight is 295 g/mol. The highest BCUT2D eigenvalue weighted by Crippen LogP contribution is 2.24. The number of ether oxygens (including phenoxy) is 1. The van der Waals surface area contributed by atoms with Crippen LogP contribution in [0.15, 0.2) is 18.2 Å². The van der Waals surface area contributed by atoms with Gasteiger partial charge in [-0.05, 0) is 44.0 Å². The van der Waals surface area contributed by atoms with Crippen LogP contribution in [0.2, 0.25) is 5.02 Å². The van der Waals surface area contributed by atoms with Gasteiger partial charge < -0.3 is 15.0 Å². The molecule has 0 radical (unpaired) electrons. The maximum Gasteiger partial charge on any atom is 0.170 e. The number of benzene rings is 1. The zero-order valence-electron chi connectivity index (χ0n) is 11.9. The highest BCUT2D eigenvalue weighted by atomic mass is 35.5. The minimum atomic E-state index is 0.0490. The molecule has 1 aromatic heterocycles. The summed E-state index contributed by atoms with van der Waals surface area (Å²) >= 11 is 6.02. The molecular formula is C14H19ClN4O. The van der Waals surface area contributed by atoms with Crippen molar-refractivity contribution in [1.82, 2.24) is 14.8 Å². The molecule has 20 heavy (non-hydrogen) atoms.